The molecule has 6 nitrogen and oxygen atoms in total. The molecule has 0 aliphatic carbocycles. The topological polar surface area (TPSA) is 79.4 Å². The number of fused-ring (bicyclic) bond motifs is 1. The van der Waals surface area contributed by atoms with Crippen LogP contribution >= 0.6 is 11.3 Å². The molecule has 3 aromatic rings. The van der Waals surface area contributed by atoms with Crippen LogP contribution in [0.25, 0.3) is 0 Å². The lowest BCUT2D eigenvalue weighted by Gasteiger charge is -2.27. The van der Waals surface area contributed by atoms with Gasteiger partial charge in [0.05, 0.1) is 22.2 Å². The predicted octanol–water partition coefficient (Wildman–Crippen LogP) is 5.21. The van der Waals surface area contributed by atoms with E-state index >= 15 is 0 Å². The number of rotatable bonds is 7. The molecule has 1 amide bonds. The fourth-order valence-corrected chi connectivity index (χ4v) is 5.97. The van der Waals surface area contributed by atoms with Crippen molar-refractivity contribution in [3.8, 4) is 0 Å². The fraction of sp³-hybridized carbons (Fsp3) is 0.360. The molecule has 1 aliphatic heterocycles. The maximum atomic E-state index is 12.9. The third-order valence-electron chi connectivity index (χ3n) is 6.05. The van der Waals surface area contributed by atoms with Crippen molar-refractivity contribution in [1.82, 2.24) is 15.2 Å². The molecule has 1 unspecified atom stereocenters. The Morgan fingerprint density at radius 2 is 1.72 bits per heavy atom. The molecule has 11 heteroatoms. The summed E-state index contributed by atoms with van der Waals surface area (Å²) in [6.45, 7) is 5.39. The van der Waals surface area contributed by atoms with Crippen LogP contribution in [-0.4, -0.2) is 30.5 Å². The number of hydrogen-bond donors (Lipinski definition) is 1. The molecule has 0 bridgehead atoms. The van der Waals surface area contributed by atoms with Crippen molar-refractivity contribution >= 4 is 27.1 Å². The van der Waals surface area contributed by atoms with E-state index in [1.165, 1.54) is 35.6 Å². The van der Waals surface area contributed by atoms with Gasteiger partial charge in [0.1, 0.15) is 0 Å². The molecule has 0 radical (unpaired) electrons. The van der Waals surface area contributed by atoms with E-state index in [1.54, 1.807) is 12.1 Å². The van der Waals surface area contributed by atoms with Gasteiger partial charge in [0.15, 0.2) is 14.8 Å². The van der Waals surface area contributed by atoms with Crippen LogP contribution in [0, 0.1) is 5.92 Å². The van der Waals surface area contributed by atoms with Crippen molar-refractivity contribution < 1.29 is 26.4 Å². The summed E-state index contributed by atoms with van der Waals surface area (Å²) in [6, 6.07) is 11.5. The number of nitrogens with zero attached hydrogens (tertiary/aromatic N) is 2. The number of carbonyl (C=O) groups excluding carboxylic acids is 1. The second-order valence-corrected chi connectivity index (χ2v) is 12.3. The Balaban J connectivity index is 1.42. The predicted molar refractivity (Wildman–Crippen MR) is 131 cm³/mol. The Morgan fingerprint density at radius 1 is 1.11 bits per heavy atom. The van der Waals surface area contributed by atoms with E-state index in [1.807, 2.05) is 0 Å². The molecule has 0 spiro atoms. The Hall–Kier alpha value is -2.76. The zero-order valence-corrected chi connectivity index (χ0v) is 21.6. The number of benzene rings is 2. The molecule has 1 aromatic heterocycles. The van der Waals surface area contributed by atoms with Gasteiger partial charge in [-0.25, -0.2) is 13.4 Å². The van der Waals surface area contributed by atoms with Gasteiger partial charge in [-0.15, -0.1) is 11.3 Å². The molecule has 2 aromatic carbocycles. The van der Waals surface area contributed by atoms with Crippen LogP contribution in [-0.2, 0) is 35.6 Å². The first-order valence-electron chi connectivity index (χ1n) is 11.3. The molecule has 4 rings (SSSR count). The van der Waals surface area contributed by atoms with Crippen LogP contribution in [0.3, 0.4) is 0 Å². The number of halogens is 3. The Morgan fingerprint density at radius 3 is 2.28 bits per heavy atom. The van der Waals surface area contributed by atoms with Crippen LogP contribution < -0.4 is 5.32 Å². The lowest BCUT2D eigenvalue weighted by molar-refractivity contribution is -0.137. The zero-order valence-electron chi connectivity index (χ0n) is 20.0. The van der Waals surface area contributed by atoms with Crippen molar-refractivity contribution in [2.75, 3.05) is 6.26 Å². The summed E-state index contributed by atoms with van der Waals surface area (Å²) >= 11 is 1.32. The lowest BCUT2D eigenvalue weighted by atomic mass is 10.0. The summed E-state index contributed by atoms with van der Waals surface area (Å²) in [7, 11) is -3.28. The van der Waals surface area contributed by atoms with Crippen LogP contribution in [0.4, 0.5) is 13.2 Å². The number of hydrogen-bond acceptors (Lipinski definition) is 6. The highest BCUT2D eigenvalue weighted by atomic mass is 32.2. The molecular weight excluding hydrogens is 511 g/mol. The van der Waals surface area contributed by atoms with E-state index in [4.69, 9.17) is 0 Å². The van der Waals surface area contributed by atoms with Gasteiger partial charge in [0.2, 0.25) is 0 Å². The van der Waals surface area contributed by atoms with E-state index in [2.05, 4.69) is 29.0 Å². The molecule has 1 aliphatic rings. The van der Waals surface area contributed by atoms with Crippen molar-refractivity contribution in [2.45, 2.75) is 50.6 Å². The Kier molecular flexibility index (Phi) is 7.27. The van der Waals surface area contributed by atoms with E-state index in [0.717, 1.165) is 40.1 Å². The summed E-state index contributed by atoms with van der Waals surface area (Å²) < 4.78 is 61.8. The quantitative estimate of drug-likeness (QED) is 0.448. The molecule has 1 atom stereocenters. The van der Waals surface area contributed by atoms with Crippen molar-refractivity contribution in [1.29, 1.82) is 0 Å². The molecule has 36 heavy (non-hydrogen) atoms. The second-order valence-electron chi connectivity index (χ2n) is 9.21. The summed E-state index contributed by atoms with van der Waals surface area (Å²) in [5.74, 6) is -0.120. The monoisotopic (exact) mass is 537 g/mol. The van der Waals surface area contributed by atoms with E-state index in [-0.39, 0.29) is 29.3 Å². The van der Waals surface area contributed by atoms with Crippen molar-refractivity contribution in [3.63, 3.8) is 0 Å². The van der Waals surface area contributed by atoms with Gasteiger partial charge in [0, 0.05) is 30.8 Å². The fourth-order valence-electron chi connectivity index (χ4n) is 4.30. The maximum absolute atomic E-state index is 12.9. The number of aromatic nitrogens is 1. The van der Waals surface area contributed by atoms with Crippen molar-refractivity contribution in [3.05, 3.63) is 80.8 Å². The average molecular weight is 538 g/mol. The highest BCUT2D eigenvalue weighted by molar-refractivity contribution is 7.90. The summed E-state index contributed by atoms with van der Waals surface area (Å²) in [4.78, 5) is 20.7. The molecule has 192 valence electrons. The molecule has 1 N–H and O–H groups in total. The minimum Gasteiger partial charge on any atom is -0.346 e. The van der Waals surface area contributed by atoms with Gasteiger partial charge in [-0.05, 0) is 41.3 Å². The average Bonchev–Trinajstić information content (AvgIpc) is 3.34. The molecule has 2 heterocycles. The number of amides is 1. The normalized spacial score (nSPS) is 16.4. The second kappa shape index (κ2) is 9.95. The van der Waals surface area contributed by atoms with Crippen LogP contribution in [0.5, 0.6) is 0 Å². The molecular formula is C25H26F3N3O3S2. The van der Waals surface area contributed by atoms with Crippen molar-refractivity contribution in [2.24, 2.45) is 5.92 Å². The number of alkyl halides is 3. The number of thiazole rings is 1. The number of nitrogens with one attached hydrogen (secondary N) is 1. The molecule has 0 fully saturated rings. The minimum absolute atomic E-state index is 0.0522. The number of sulfone groups is 1. The highest BCUT2D eigenvalue weighted by Gasteiger charge is 2.37. The smallest absolute Gasteiger partial charge is 0.346 e. The van der Waals surface area contributed by atoms with Crippen LogP contribution in [0.15, 0.2) is 53.4 Å². The standard InChI is InChI=1S/C25H26F3N3O3S2/c1-15(2)22-21-20(14-31(22)13-17-4-8-18(9-5-17)25(26,27)28)35-24(30-21)23(32)29-12-16-6-10-19(11-7-16)36(3,33)34/h4-11,15,22H,12-14H2,1-3H3,(H,29,32). The maximum Gasteiger partial charge on any atom is 0.416 e. The summed E-state index contributed by atoms with van der Waals surface area (Å²) in [6.07, 6.45) is -3.22. The molecule has 0 saturated heterocycles. The zero-order chi connectivity index (χ0) is 26.3. The van der Waals surface area contributed by atoms with E-state index in [0.29, 0.717) is 18.1 Å². The van der Waals surface area contributed by atoms with E-state index < -0.39 is 21.6 Å². The Bertz CT molecular complexity index is 1350. The van der Waals surface area contributed by atoms with E-state index in [9.17, 15) is 26.4 Å². The SMILES string of the molecule is CC(C)C1c2nc(C(=O)NCc3ccc(S(C)(=O)=O)cc3)sc2CN1Cc1ccc(C(F)(F)F)cc1. The van der Waals surface area contributed by atoms with Gasteiger partial charge < -0.3 is 5.32 Å². The third-order valence-corrected chi connectivity index (χ3v) is 8.23. The first kappa shape index (κ1) is 26.3. The minimum atomic E-state index is -4.36. The lowest BCUT2D eigenvalue weighted by Crippen LogP contribution is -2.27. The van der Waals surface area contributed by atoms with Gasteiger partial charge in [-0.1, -0.05) is 38.1 Å². The molecule has 0 saturated carbocycles. The third kappa shape index (κ3) is 5.79. The summed E-state index contributed by atoms with van der Waals surface area (Å²) in [5, 5.41) is 3.18. The first-order chi connectivity index (χ1) is 16.8. The van der Waals surface area contributed by atoms with Crippen LogP contribution in [0.2, 0.25) is 0 Å². The van der Waals surface area contributed by atoms with Gasteiger partial charge in [0.25, 0.3) is 5.91 Å². The Labute approximate surface area is 212 Å². The first-order valence-corrected chi connectivity index (χ1v) is 14.0. The van der Waals surface area contributed by atoms with Gasteiger partial charge >= 0.3 is 6.18 Å². The van der Waals surface area contributed by atoms with Gasteiger partial charge in [-0.2, -0.15) is 13.2 Å². The highest BCUT2D eigenvalue weighted by Crippen LogP contribution is 2.42. The summed E-state index contributed by atoms with van der Waals surface area (Å²) in [5.41, 5.74) is 1.71. The number of carbonyl (C=O) groups is 1. The van der Waals surface area contributed by atoms with Crippen LogP contribution in [0.1, 0.15) is 57.0 Å². The van der Waals surface area contributed by atoms with Gasteiger partial charge in [-0.3, -0.25) is 9.69 Å². The largest absolute Gasteiger partial charge is 0.416 e.